The molecular weight excluding hydrogens is 194 g/mol. The molecule has 0 unspecified atom stereocenters. The zero-order valence-electron chi connectivity index (χ0n) is 8.30. The molecule has 0 amide bonds. The summed E-state index contributed by atoms with van der Waals surface area (Å²) < 4.78 is 6.94. The minimum absolute atomic E-state index is 0.303. The van der Waals surface area contributed by atoms with E-state index in [-0.39, 0.29) is 0 Å². The number of aromatic nitrogens is 1. The summed E-state index contributed by atoms with van der Waals surface area (Å²) >= 11 is 0. The average molecular weight is 205 g/mol. The molecule has 0 aliphatic heterocycles. The lowest BCUT2D eigenvalue weighted by molar-refractivity contribution is 0.0697. The molecule has 0 atom stereocenters. The van der Waals surface area contributed by atoms with Gasteiger partial charge in [-0.25, -0.2) is 4.79 Å². The number of hydrogen-bond acceptors (Lipinski definition) is 2. The monoisotopic (exact) mass is 205 g/mol. The van der Waals surface area contributed by atoms with Gasteiger partial charge >= 0.3 is 5.97 Å². The summed E-state index contributed by atoms with van der Waals surface area (Å²) in [5, 5.41) is 9.73. The minimum Gasteiger partial charge on any atom is -0.478 e. The lowest BCUT2D eigenvalue weighted by Crippen LogP contribution is -1.98. The number of fused-ring (bicyclic) bond motifs is 1. The number of methoxy groups -OCH3 is 1. The topological polar surface area (TPSA) is 51.5 Å². The fourth-order valence-electron chi connectivity index (χ4n) is 1.58. The van der Waals surface area contributed by atoms with Gasteiger partial charge in [0.2, 0.25) is 0 Å². The molecule has 0 fully saturated rings. The number of benzene rings is 1. The summed E-state index contributed by atoms with van der Waals surface area (Å²) in [6.45, 7) is 0.468. The number of ether oxygens (including phenoxy) is 1. The number of aromatic carboxylic acids is 1. The summed E-state index contributed by atoms with van der Waals surface area (Å²) in [5.41, 5.74) is 1.28. The predicted molar refractivity (Wildman–Crippen MR) is 55.9 cm³/mol. The second-order valence-corrected chi connectivity index (χ2v) is 3.28. The molecule has 1 heterocycles. The van der Waals surface area contributed by atoms with Crippen LogP contribution in [0.2, 0.25) is 0 Å². The van der Waals surface area contributed by atoms with Gasteiger partial charge in [0.1, 0.15) is 6.73 Å². The van der Waals surface area contributed by atoms with Crippen molar-refractivity contribution in [3.63, 3.8) is 0 Å². The van der Waals surface area contributed by atoms with Crippen molar-refractivity contribution in [3.8, 4) is 0 Å². The Labute approximate surface area is 86.7 Å². The van der Waals surface area contributed by atoms with Crippen LogP contribution in [0.1, 0.15) is 10.4 Å². The van der Waals surface area contributed by atoms with Gasteiger partial charge in [0.15, 0.2) is 0 Å². The van der Waals surface area contributed by atoms with E-state index in [2.05, 4.69) is 0 Å². The van der Waals surface area contributed by atoms with Crippen molar-refractivity contribution in [1.29, 1.82) is 0 Å². The van der Waals surface area contributed by atoms with Crippen LogP contribution in [0.15, 0.2) is 30.5 Å². The largest absolute Gasteiger partial charge is 0.478 e. The molecule has 0 aliphatic carbocycles. The van der Waals surface area contributed by atoms with Crippen LogP contribution in [0.25, 0.3) is 10.9 Å². The average Bonchev–Trinajstić information content (AvgIpc) is 2.61. The fourth-order valence-corrected chi connectivity index (χ4v) is 1.58. The van der Waals surface area contributed by atoms with Gasteiger partial charge in [-0.3, -0.25) is 0 Å². The number of nitrogens with zero attached hydrogens (tertiary/aromatic N) is 1. The highest BCUT2D eigenvalue weighted by Gasteiger charge is 2.05. The third kappa shape index (κ3) is 1.71. The molecule has 0 aliphatic rings. The number of carboxylic acid groups (broad SMARTS) is 1. The Kier molecular flexibility index (Phi) is 2.43. The van der Waals surface area contributed by atoms with Crippen LogP contribution in [0.4, 0.5) is 0 Å². The van der Waals surface area contributed by atoms with E-state index in [1.165, 1.54) is 0 Å². The van der Waals surface area contributed by atoms with Gasteiger partial charge in [-0.2, -0.15) is 0 Å². The Bertz CT molecular complexity index is 502. The minimum atomic E-state index is -0.906. The van der Waals surface area contributed by atoms with Gasteiger partial charge in [-0.15, -0.1) is 0 Å². The molecule has 78 valence electrons. The van der Waals surface area contributed by atoms with E-state index < -0.39 is 5.97 Å². The first kappa shape index (κ1) is 9.73. The summed E-state index contributed by atoms with van der Waals surface area (Å²) in [6, 6.07) is 6.92. The molecule has 1 aromatic heterocycles. The van der Waals surface area contributed by atoms with E-state index in [4.69, 9.17) is 9.84 Å². The molecule has 0 saturated carbocycles. The van der Waals surface area contributed by atoms with E-state index in [0.29, 0.717) is 12.3 Å². The van der Waals surface area contributed by atoms with E-state index in [1.54, 1.807) is 25.3 Å². The lowest BCUT2D eigenvalue weighted by atomic mass is 10.1. The molecule has 2 aromatic rings. The Morgan fingerprint density at radius 3 is 2.93 bits per heavy atom. The standard InChI is InChI=1S/C11H11NO3/c1-15-7-12-5-4-8-6-9(11(13)14)2-3-10(8)12/h2-6H,7H2,1H3,(H,13,14). The van der Waals surface area contributed by atoms with Crippen LogP contribution >= 0.6 is 0 Å². The SMILES string of the molecule is COCn1ccc2cc(C(=O)O)ccc21. The molecule has 1 N–H and O–H groups in total. The van der Waals surface area contributed by atoms with E-state index in [1.807, 2.05) is 16.8 Å². The zero-order chi connectivity index (χ0) is 10.8. The van der Waals surface area contributed by atoms with Crippen LogP contribution in [-0.4, -0.2) is 22.8 Å². The smallest absolute Gasteiger partial charge is 0.335 e. The lowest BCUT2D eigenvalue weighted by Gasteiger charge is -2.03. The van der Waals surface area contributed by atoms with E-state index >= 15 is 0 Å². The van der Waals surface area contributed by atoms with Crippen LogP contribution in [0, 0.1) is 0 Å². The van der Waals surface area contributed by atoms with Gasteiger partial charge in [-0.1, -0.05) is 0 Å². The summed E-state index contributed by atoms with van der Waals surface area (Å²) in [4.78, 5) is 10.7. The van der Waals surface area contributed by atoms with Gasteiger partial charge in [-0.05, 0) is 24.3 Å². The van der Waals surface area contributed by atoms with Gasteiger partial charge < -0.3 is 14.4 Å². The number of carbonyl (C=O) groups is 1. The maximum Gasteiger partial charge on any atom is 0.335 e. The molecule has 4 nitrogen and oxygen atoms in total. The Morgan fingerprint density at radius 1 is 1.47 bits per heavy atom. The maximum absolute atomic E-state index is 10.7. The molecule has 1 aromatic carbocycles. The van der Waals surface area contributed by atoms with Crippen LogP contribution in [0.3, 0.4) is 0 Å². The third-order valence-electron chi connectivity index (χ3n) is 2.29. The van der Waals surface area contributed by atoms with Crippen LogP contribution in [0.5, 0.6) is 0 Å². The van der Waals surface area contributed by atoms with Crippen molar-refractivity contribution in [2.45, 2.75) is 6.73 Å². The number of carboxylic acids is 1. The Morgan fingerprint density at radius 2 is 2.27 bits per heavy atom. The molecule has 0 spiro atoms. The third-order valence-corrected chi connectivity index (χ3v) is 2.29. The first-order valence-electron chi connectivity index (χ1n) is 4.53. The van der Waals surface area contributed by atoms with Crippen molar-refractivity contribution < 1.29 is 14.6 Å². The molecule has 0 saturated heterocycles. The first-order chi connectivity index (χ1) is 7.22. The quantitative estimate of drug-likeness (QED) is 0.833. The number of rotatable bonds is 3. The normalized spacial score (nSPS) is 10.7. The highest BCUT2D eigenvalue weighted by Crippen LogP contribution is 2.17. The van der Waals surface area contributed by atoms with E-state index in [9.17, 15) is 4.79 Å². The highest BCUT2D eigenvalue weighted by molar-refractivity contribution is 5.93. The van der Waals surface area contributed by atoms with Crippen molar-refractivity contribution in [2.24, 2.45) is 0 Å². The van der Waals surface area contributed by atoms with E-state index in [0.717, 1.165) is 10.9 Å². The highest BCUT2D eigenvalue weighted by atomic mass is 16.5. The molecule has 15 heavy (non-hydrogen) atoms. The van der Waals surface area contributed by atoms with Crippen LogP contribution < -0.4 is 0 Å². The van der Waals surface area contributed by atoms with Crippen molar-refractivity contribution in [1.82, 2.24) is 4.57 Å². The summed E-state index contributed by atoms with van der Waals surface area (Å²) in [6.07, 6.45) is 1.87. The number of hydrogen-bond donors (Lipinski definition) is 1. The Balaban J connectivity index is 2.51. The molecular formula is C11H11NO3. The van der Waals surface area contributed by atoms with Gasteiger partial charge in [0.25, 0.3) is 0 Å². The van der Waals surface area contributed by atoms with Crippen molar-refractivity contribution in [2.75, 3.05) is 7.11 Å². The van der Waals surface area contributed by atoms with Crippen molar-refractivity contribution in [3.05, 3.63) is 36.0 Å². The molecule has 0 radical (unpaired) electrons. The molecule has 2 rings (SSSR count). The second kappa shape index (κ2) is 3.74. The summed E-state index contributed by atoms with van der Waals surface area (Å²) in [5.74, 6) is -0.906. The molecule has 4 heteroatoms. The fraction of sp³-hybridized carbons (Fsp3) is 0.182. The Hall–Kier alpha value is -1.81. The maximum atomic E-state index is 10.7. The van der Waals surface area contributed by atoms with Gasteiger partial charge in [0, 0.05) is 18.7 Å². The zero-order valence-corrected chi connectivity index (χ0v) is 8.30. The van der Waals surface area contributed by atoms with Crippen LogP contribution in [-0.2, 0) is 11.5 Å². The first-order valence-corrected chi connectivity index (χ1v) is 4.53. The predicted octanol–water partition coefficient (Wildman–Crippen LogP) is 1.94. The van der Waals surface area contributed by atoms with Gasteiger partial charge in [0.05, 0.1) is 11.1 Å². The van der Waals surface area contributed by atoms with Crippen molar-refractivity contribution >= 4 is 16.9 Å². The summed E-state index contributed by atoms with van der Waals surface area (Å²) in [7, 11) is 1.62. The molecule has 0 bridgehead atoms. The second-order valence-electron chi connectivity index (χ2n) is 3.28.